The Hall–Kier alpha value is -1.37. The molecule has 1 aliphatic carbocycles. The largest absolute Gasteiger partial charge is 0.341 e. The second kappa shape index (κ2) is 12.4. The lowest BCUT2D eigenvalue weighted by atomic mass is 9.76. The second-order valence-electron chi connectivity index (χ2n) is 11.3. The molecule has 2 aromatic rings. The summed E-state index contributed by atoms with van der Waals surface area (Å²) in [6, 6.07) is 11.2. The molecule has 3 aliphatic rings. The van der Waals surface area contributed by atoms with Crippen LogP contribution in [0.5, 0.6) is 0 Å². The minimum atomic E-state index is -0.437. The molecule has 2 saturated heterocycles. The number of carbonyl (C=O) groups excluding carboxylic acids is 1. The van der Waals surface area contributed by atoms with Gasteiger partial charge in [-0.05, 0) is 62.1 Å². The molecule has 2 heterocycles. The van der Waals surface area contributed by atoms with Gasteiger partial charge in [-0.15, -0.1) is 0 Å². The fourth-order valence-corrected chi connectivity index (χ4v) is 7.16. The molecule has 5 rings (SSSR count). The summed E-state index contributed by atoms with van der Waals surface area (Å²) in [5.74, 6) is -0.534. The number of piperazine rings is 1. The SMILES string of the molecule is O=C(Cc1c(F)cccc1Cl)N1CC[C@](CCN2CCN(C3CCCCC3)CC2)(c2ccc(Cl)c(Cl)c2)C1. The first-order chi connectivity index (χ1) is 18.3. The molecule has 3 fully saturated rings. The van der Waals surface area contributed by atoms with Crippen molar-refractivity contribution in [1.29, 1.82) is 0 Å². The fraction of sp³-hybridized carbons (Fsp3) is 0.567. The number of nitrogens with zero attached hydrogens (tertiary/aromatic N) is 3. The van der Waals surface area contributed by atoms with Gasteiger partial charge < -0.3 is 9.80 Å². The van der Waals surface area contributed by atoms with Crippen molar-refractivity contribution in [2.24, 2.45) is 0 Å². The Balaban J connectivity index is 1.26. The number of carbonyl (C=O) groups is 1. The molecule has 2 aromatic carbocycles. The average Bonchev–Trinajstić information content (AvgIpc) is 3.38. The zero-order valence-electron chi connectivity index (χ0n) is 21.9. The van der Waals surface area contributed by atoms with Crippen molar-refractivity contribution < 1.29 is 9.18 Å². The Morgan fingerprint density at radius 2 is 1.68 bits per heavy atom. The van der Waals surface area contributed by atoms with E-state index in [1.54, 1.807) is 12.1 Å². The standard InChI is InChI=1S/C30H37Cl3FN3O/c31-25-7-4-8-28(34)24(25)20-29(38)37-14-12-30(21-37,22-9-10-26(32)27(33)19-22)11-13-35-15-17-36(18-16-35)23-5-2-1-3-6-23/h4,7-10,19,23H,1-3,5-6,11-18,20-21H2/t30-/m0/s1. The Kier molecular flexibility index (Phi) is 9.21. The Bertz CT molecular complexity index is 1110. The maximum Gasteiger partial charge on any atom is 0.227 e. The summed E-state index contributed by atoms with van der Waals surface area (Å²) in [7, 11) is 0. The van der Waals surface area contributed by atoms with E-state index in [9.17, 15) is 9.18 Å². The van der Waals surface area contributed by atoms with Crippen LogP contribution in [0.25, 0.3) is 0 Å². The number of hydrogen-bond acceptors (Lipinski definition) is 3. The van der Waals surface area contributed by atoms with E-state index in [2.05, 4.69) is 15.9 Å². The Morgan fingerprint density at radius 3 is 2.39 bits per heavy atom. The molecule has 206 valence electrons. The van der Waals surface area contributed by atoms with Crippen LogP contribution in [0.15, 0.2) is 36.4 Å². The molecule has 1 saturated carbocycles. The van der Waals surface area contributed by atoms with Crippen molar-refractivity contribution in [3.63, 3.8) is 0 Å². The number of benzene rings is 2. The van der Waals surface area contributed by atoms with Crippen LogP contribution in [0.3, 0.4) is 0 Å². The van der Waals surface area contributed by atoms with Gasteiger partial charge in [0, 0.05) is 61.3 Å². The number of hydrogen-bond donors (Lipinski definition) is 0. The highest BCUT2D eigenvalue weighted by Gasteiger charge is 2.42. The van der Waals surface area contributed by atoms with Gasteiger partial charge in [0.05, 0.1) is 16.5 Å². The molecule has 0 aromatic heterocycles. The van der Waals surface area contributed by atoms with Crippen molar-refractivity contribution >= 4 is 40.7 Å². The van der Waals surface area contributed by atoms with E-state index in [1.807, 2.05) is 17.0 Å². The number of likely N-dealkylation sites (tertiary alicyclic amines) is 1. The minimum absolute atomic E-state index is 0.0356. The third-order valence-electron chi connectivity index (χ3n) is 9.03. The lowest BCUT2D eigenvalue weighted by molar-refractivity contribution is -0.129. The van der Waals surface area contributed by atoms with Crippen molar-refractivity contribution in [2.75, 3.05) is 45.8 Å². The topological polar surface area (TPSA) is 26.8 Å². The van der Waals surface area contributed by atoms with E-state index in [0.717, 1.165) is 57.2 Å². The van der Waals surface area contributed by atoms with Gasteiger partial charge in [0.2, 0.25) is 5.91 Å². The maximum absolute atomic E-state index is 14.4. The number of halogens is 4. The summed E-state index contributed by atoms with van der Waals surface area (Å²) in [4.78, 5) is 20.4. The number of rotatable bonds is 7. The minimum Gasteiger partial charge on any atom is -0.341 e. The van der Waals surface area contributed by atoms with Crippen LogP contribution >= 0.6 is 34.8 Å². The van der Waals surface area contributed by atoms with Crippen LogP contribution in [-0.2, 0) is 16.6 Å². The Morgan fingerprint density at radius 1 is 0.921 bits per heavy atom. The van der Waals surface area contributed by atoms with Crippen LogP contribution in [0, 0.1) is 5.82 Å². The zero-order chi connectivity index (χ0) is 26.7. The quantitative estimate of drug-likeness (QED) is 0.359. The highest BCUT2D eigenvalue weighted by Crippen LogP contribution is 2.41. The van der Waals surface area contributed by atoms with E-state index in [-0.39, 0.29) is 23.3 Å². The predicted molar refractivity (Wildman–Crippen MR) is 154 cm³/mol. The van der Waals surface area contributed by atoms with Crippen molar-refractivity contribution in [1.82, 2.24) is 14.7 Å². The summed E-state index contributed by atoms with van der Waals surface area (Å²) in [5.41, 5.74) is 1.16. The zero-order valence-corrected chi connectivity index (χ0v) is 24.2. The molecule has 0 radical (unpaired) electrons. The summed E-state index contributed by atoms with van der Waals surface area (Å²) in [6.45, 7) is 6.63. The highest BCUT2D eigenvalue weighted by atomic mass is 35.5. The molecule has 38 heavy (non-hydrogen) atoms. The van der Waals surface area contributed by atoms with Crippen molar-refractivity contribution in [2.45, 2.75) is 62.8 Å². The molecule has 4 nitrogen and oxygen atoms in total. The van der Waals surface area contributed by atoms with Crippen molar-refractivity contribution in [3.8, 4) is 0 Å². The number of amides is 1. The summed E-state index contributed by atoms with van der Waals surface area (Å²) < 4.78 is 14.4. The van der Waals surface area contributed by atoms with Crippen LogP contribution in [0.1, 0.15) is 56.1 Å². The molecule has 1 amide bonds. The van der Waals surface area contributed by atoms with Gasteiger partial charge in [-0.1, -0.05) is 66.2 Å². The van der Waals surface area contributed by atoms with Gasteiger partial charge in [0.25, 0.3) is 0 Å². The summed E-state index contributed by atoms with van der Waals surface area (Å²) in [6.07, 6.45) is 8.56. The van der Waals surface area contributed by atoms with Crippen LogP contribution in [-0.4, -0.2) is 72.5 Å². The molecule has 8 heteroatoms. The van der Waals surface area contributed by atoms with Gasteiger partial charge in [0.15, 0.2) is 0 Å². The average molecular weight is 581 g/mol. The predicted octanol–water partition coefficient (Wildman–Crippen LogP) is 6.84. The third-order valence-corrected chi connectivity index (χ3v) is 10.1. The molecule has 2 aliphatic heterocycles. The van der Waals surface area contributed by atoms with Crippen molar-refractivity contribution in [3.05, 3.63) is 68.4 Å². The molecule has 1 atom stereocenters. The van der Waals surface area contributed by atoms with E-state index in [0.29, 0.717) is 28.2 Å². The lowest BCUT2D eigenvalue weighted by Gasteiger charge is -2.42. The molecule has 0 unspecified atom stereocenters. The van der Waals surface area contributed by atoms with Gasteiger partial charge in [-0.25, -0.2) is 4.39 Å². The lowest BCUT2D eigenvalue weighted by Crippen LogP contribution is -2.51. The molecular weight excluding hydrogens is 544 g/mol. The third kappa shape index (κ3) is 6.33. The van der Waals surface area contributed by atoms with Crippen LogP contribution < -0.4 is 0 Å². The molecule has 0 N–H and O–H groups in total. The van der Waals surface area contributed by atoms with Gasteiger partial charge >= 0.3 is 0 Å². The monoisotopic (exact) mass is 579 g/mol. The van der Waals surface area contributed by atoms with Crippen LogP contribution in [0.2, 0.25) is 15.1 Å². The smallest absolute Gasteiger partial charge is 0.227 e. The van der Waals surface area contributed by atoms with E-state index in [1.165, 1.54) is 38.2 Å². The first kappa shape index (κ1) is 28.2. The molecule has 0 bridgehead atoms. The van der Waals surface area contributed by atoms with E-state index < -0.39 is 5.82 Å². The van der Waals surface area contributed by atoms with E-state index in [4.69, 9.17) is 34.8 Å². The van der Waals surface area contributed by atoms with E-state index >= 15 is 0 Å². The first-order valence-electron chi connectivity index (χ1n) is 14.0. The van der Waals surface area contributed by atoms with Gasteiger partial charge in [-0.3, -0.25) is 9.69 Å². The summed E-state index contributed by atoms with van der Waals surface area (Å²) >= 11 is 18.9. The summed E-state index contributed by atoms with van der Waals surface area (Å²) in [5, 5.41) is 1.36. The normalized spacial score (nSPS) is 23.7. The van der Waals surface area contributed by atoms with Crippen LogP contribution in [0.4, 0.5) is 4.39 Å². The fourth-order valence-electron chi connectivity index (χ4n) is 6.63. The highest BCUT2D eigenvalue weighted by molar-refractivity contribution is 6.42. The maximum atomic E-state index is 14.4. The second-order valence-corrected chi connectivity index (χ2v) is 12.5. The van der Waals surface area contributed by atoms with Gasteiger partial charge in [-0.2, -0.15) is 0 Å². The molecular formula is C30H37Cl3FN3O. The Labute approximate surface area is 241 Å². The molecule has 0 spiro atoms. The first-order valence-corrected chi connectivity index (χ1v) is 15.1. The van der Waals surface area contributed by atoms with Gasteiger partial charge in [0.1, 0.15) is 5.82 Å².